The van der Waals surface area contributed by atoms with Crippen LogP contribution in [0.1, 0.15) is 18.2 Å². The molecule has 0 aromatic carbocycles. The Kier molecular flexibility index (Phi) is 4.62. The van der Waals surface area contributed by atoms with E-state index in [1.807, 2.05) is 4.68 Å². The average Bonchev–Trinajstić information content (AvgIpc) is 2.96. The lowest BCUT2D eigenvalue weighted by Crippen LogP contribution is -2.48. The van der Waals surface area contributed by atoms with Gasteiger partial charge in [0.25, 0.3) is 0 Å². The van der Waals surface area contributed by atoms with E-state index in [9.17, 15) is 0 Å². The molecule has 7 heteroatoms. The summed E-state index contributed by atoms with van der Waals surface area (Å²) in [6.07, 6.45) is 3.11. The Morgan fingerprint density at radius 2 is 2.35 bits per heavy atom. The van der Waals surface area contributed by atoms with Gasteiger partial charge >= 0.3 is 0 Å². The van der Waals surface area contributed by atoms with Crippen LogP contribution >= 0.6 is 0 Å². The second-order valence-corrected chi connectivity index (χ2v) is 5.28. The Morgan fingerprint density at radius 3 is 3.25 bits per heavy atom. The van der Waals surface area contributed by atoms with E-state index in [0.29, 0.717) is 19.8 Å². The molecular weight excluding hydrogens is 260 g/mol. The molecule has 0 amide bonds. The SMILES string of the molecule is COCCOCCN1CC[C@H]2OCc3cnnn3[C@@H]2C1. The number of fused-ring (bicyclic) bond motifs is 3. The predicted molar refractivity (Wildman–Crippen MR) is 71.4 cm³/mol. The first-order valence-electron chi connectivity index (χ1n) is 7.18. The summed E-state index contributed by atoms with van der Waals surface area (Å²) in [4.78, 5) is 2.41. The third kappa shape index (κ3) is 3.01. The van der Waals surface area contributed by atoms with Crippen molar-refractivity contribution in [2.75, 3.05) is 46.6 Å². The standard InChI is InChI=1S/C13H22N4O3/c1-18-6-7-19-5-4-16-3-2-13-12(9-16)17-11(10-20-13)8-14-15-17/h8,12-13H,2-7,9-10H2,1H3/t12-,13-/m1/s1. The lowest BCUT2D eigenvalue weighted by molar-refractivity contribution is -0.0689. The van der Waals surface area contributed by atoms with E-state index in [1.54, 1.807) is 13.3 Å². The molecule has 1 aromatic rings. The minimum atomic E-state index is 0.273. The smallest absolute Gasteiger partial charge is 0.0929 e. The molecular formula is C13H22N4O3. The zero-order chi connectivity index (χ0) is 13.8. The molecule has 0 bridgehead atoms. The van der Waals surface area contributed by atoms with Gasteiger partial charge in [-0.25, -0.2) is 4.68 Å². The Morgan fingerprint density at radius 1 is 1.40 bits per heavy atom. The van der Waals surface area contributed by atoms with Gasteiger partial charge in [-0.15, -0.1) is 5.10 Å². The van der Waals surface area contributed by atoms with E-state index < -0.39 is 0 Å². The largest absolute Gasteiger partial charge is 0.382 e. The molecule has 2 aliphatic heterocycles. The highest BCUT2D eigenvalue weighted by molar-refractivity contribution is 5.01. The predicted octanol–water partition coefficient (Wildman–Crippen LogP) is 0.0867. The monoisotopic (exact) mass is 282 g/mol. The first kappa shape index (κ1) is 13.9. The van der Waals surface area contributed by atoms with Crippen LogP contribution in [0.15, 0.2) is 6.20 Å². The van der Waals surface area contributed by atoms with Crippen LogP contribution in [0.5, 0.6) is 0 Å². The Bertz CT molecular complexity index is 426. The lowest BCUT2D eigenvalue weighted by Gasteiger charge is -2.40. The summed E-state index contributed by atoms with van der Waals surface area (Å²) in [6, 6.07) is 0.286. The maximum absolute atomic E-state index is 5.90. The fraction of sp³-hybridized carbons (Fsp3) is 0.846. The molecule has 2 atom stereocenters. The van der Waals surface area contributed by atoms with Crippen molar-refractivity contribution < 1.29 is 14.2 Å². The van der Waals surface area contributed by atoms with Crippen LogP contribution in [0.4, 0.5) is 0 Å². The van der Waals surface area contributed by atoms with Crippen molar-refractivity contribution in [3.63, 3.8) is 0 Å². The van der Waals surface area contributed by atoms with Crippen molar-refractivity contribution in [3.05, 3.63) is 11.9 Å². The Labute approximate surface area is 118 Å². The van der Waals surface area contributed by atoms with Gasteiger partial charge in [0.15, 0.2) is 0 Å². The molecule has 0 aliphatic carbocycles. The van der Waals surface area contributed by atoms with Gasteiger partial charge in [0.1, 0.15) is 0 Å². The molecule has 0 unspecified atom stereocenters. The molecule has 2 aliphatic rings. The summed E-state index contributed by atoms with van der Waals surface area (Å²) in [5.41, 5.74) is 1.07. The molecule has 1 fully saturated rings. The van der Waals surface area contributed by atoms with E-state index in [4.69, 9.17) is 14.2 Å². The van der Waals surface area contributed by atoms with E-state index in [0.717, 1.165) is 38.4 Å². The first-order valence-corrected chi connectivity index (χ1v) is 7.18. The summed E-state index contributed by atoms with van der Waals surface area (Å²) in [5, 5.41) is 8.20. The fourth-order valence-corrected chi connectivity index (χ4v) is 2.89. The highest BCUT2D eigenvalue weighted by Crippen LogP contribution is 2.29. The summed E-state index contributed by atoms with van der Waals surface area (Å²) >= 11 is 0. The van der Waals surface area contributed by atoms with Gasteiger partial charge in [-0.1, -0.05) is 5.21 Å². The van der Waals surface area contributed by atoms with Crippen LogP contribution in [0, 0.1) is 0 Å². The second kappa shape index (κ2) is 6.62. The third-order valence-electron chi connectivity index (χ3n) is 4.00. The van der Waals surface area contributed by atoms with Crippen LogP contribution in [-0.2, 0) is 20.8 Å². The van der Waals surface area contributed by atoms with Gasteiger partial charge in [0.05, 0.1) is 50.5 Å². The van der Waals surface area contributed by atoms with E-state index in [2.05, 4.69) is 15.2 Å². The molecule has 0 spiro atoms. The molecule has 3 heterocycles. The number of likely N-dealkylation sites (tertiary alicyclic amines) is 1. The van der Waals surface area contributed by atoms with Crippen molar-refractivity contribution in [2.24, 2.45) is 0 Å². The maximum atomic E-state index is 5.90. The summed E-state index contributed by atoms with van der Waals surface area (Å²) in [7, 11) is 1.69. The highest BCUT2D eigenvalue weighted by atomic mass is 16.5. The quantitative estimate of drug-likeness (QED) is 0.689. The minimum absolute atomic E-state index is 0.273. The fourth-order valence-electron chi connectivity index (χ4n) is 2.89. The van der Waals surface area contributed by atoms with Gasteiger partial charge < -0.3 is 14.2 Å². The van der Waals surface area contributed by atoms with Crippen molar-refractivity contribution in [3.8, 4) is 0 Å². The number of hydrogen-bond acceptors (Lipinski definition) is 6. The van der Waals surface area contributed by atoms with Crippen LogP contribution in [0.25, 0.3) is 0 Å². The Balaban J connectivity index is 1.50. The number of piperidine rings is 1. The van der Waals surface area contributed by atoms with Gasteiger partial charge in [0.2, 0.25) is 0 Å². The number of methoxy groups -OCH3 is 1. The number of aromatic nitrogens is 3. The highest BCUT2D eigenvalue weighted by Gasteiger charge is 2.36. The molecule has 0 radical (unpaired) electrons. The summed E-state index contributed by atoms with van der Waals surface area (Å²) in [5.74, 6) is 0. The normalized spacial score (nSPS) is 26.2. The van der Waals surface area contributed by atoms with Crippen LogP contribution in [0.2, 0.25) is 0 Å². The molecule has 1 aromatic heterocycles. The van der Waals surface area contributed by atoms with Crippen molar-refractivity contribution in [2.45, 2.75) is 25.2 Å². The molecule has 112 valence electrons. The Hall–Kier alpha value is -1.02. The number of hydrogen-bond donors (Lipinski definition) is 0. The summed E-state index contributed by atoms with van der Waals surface area (Å²) < 4.78 is 18.4. The van der Waals surface area contributed by atoms with Gasteiger partial charge in [-0.3, -0.25) is 4.90 Å². The van der Waals surface area contributed by atoms with Gasteiger partial charge in [0, 0.05) is 26.7 Å². The lowest BCUT2D eigenvalue weighted by atomic mass is 10.0. The zero-order valence-electron chi connectivity index (χ0n) is 11.9. The van der Waals surface area contributed by atoms with E-state index in [1.165, 1.54) is 0 Å². The zero-order valence-corrected chi connectivity index (χ0v) is 11.9. The van der Waals surface area contributed by atoms with Crippen LogP contribution in [-0.4, -0.2) is 72.6 Å². The molecule has 0 saturated carbocycles. The second-order valence-electron chi connectivity index (χ2n) is 5.28. The minimum Gasteiger partial charge on any atom is -0.382 e. The van der Waals surface area contributed by atoms with Crippen molar-refractivity contribution in [1.82, 2.24) is 19.9 Å². The number of nitrogens with zero attached hydrogens (tertiary/aromatic N) is 4. The van der Waals surface area contributed by atoms with Crippen LogP contribution in [0.3, 0.4) is 0 Å². The van der Waals surface area contributed by atoms with E-state index >= 15 is 0 Å². The van der Waals surface area contributed by atoms with Crippen molar-refractivity contribution >= 4 is 0 Å². The first-order chi connectivity index (χ1) is 9.88. The van der Waals surface area contributed by atoms with E-state index in [-0.39, 0.29) is 12.1 Å². The van der Waals surface area contributed by atoms with Gasteiger partial charge in [-0.2, -0.15) is 0 Å². The molecule has 20 heavy (non-hydrogen) atoms. The molecule has 1 saturated heterocycles. The maximum Gasteiger partial charge on any atom is 0.0929 e. The summed E-state index contributed by atoms with van der Waals surface area (Å²) in [6.45, 7) is 5.64. The number of ether oxygens (including phenoxy) is 3. The molecule has 0 N–H and O–H groups in total. The molecule has 7 nitrogen and oxygen atoms in total. The van der Waals surface area contributed by atoms with Crippen LogP contribution < -0.4 is 0 Å². The van der Waals surface area contributed by atoms with Crippen molar-refractivity contribution in [1.29, 1.82) is 0 Å². The third-order valence-corrected chi connectivity index (χ3v) is 4.00. The average molecular weight is 282 g/mol. The van der Waals surface area contributed by atoms with Gasteiger partial charge in [-0.05, 0) is 6.42 Å². The topological polar surface area (TPSA) is 61.6 Å². The molecule has 3 rings (SSSR count). The number of rotatable bonds is 6.